The molecule has 1 fully saturated rings. The molecule has 0 aliphatic carbocycles. The van der Waals surface area contributed by atoms with Gasteiger partial charge in [0.25, 0.3) is 5.91 Å². The molecule has 1 aromatic carbocycles. The number of rotatable bonds is 3. The van der Waals surface area contributed by atoms with Gasteiger partial charge in [-0.05, 0) is 50.2 Å². The van der Waals surface area contributed by atoms with Gasteiger partial charge in [0, 0.05) is 43.8 Å². The molecule has 0 spiro atoms. The molecule has 1 aromatic heterocycles. The van der Waals surface area contributed by atoms with Crippen molar-refractivity contribution in [2.45, 2.75) is 13.8 Å². The van der Waals surface area contributed by atoms with Gasteiger partial charge in [-0.3, -0.25) is 9.78 Å². The summed E-state index contributed by atoms with van der Waals surface area (Å²) < 4.78 is 0. The fourth-order valence-corrected chi connectivity index (χ4v) is 2.88. The number of nitrogens with zero attached hydrogens (tertiary/aromatic N) is 3. The van der Waals surface area contributed by atoms with E-state index in [1.165, 1.54) is 0 Å². The second kappa shape index (κ2) is 7.01. The summed E-state index contributed by atoms with van der Waals surface area (Å²) in [4.78, 5) is 21.4. The molecule has 0 unspecified atom stereocenters. The monoisotopic (exact) mass is 324 g/mol. The summed E-state index contributed by atoms with van der Waals surface area (Å²) in [6, 6.07) is 9.76. The largest absolute Gasteiger partial charge is 0.369 e. The number of aromatic nitrogens is 1. The van der Waals surface area contributed by atoms with E-state index < -0.39 is 0 Å². The number of hydrogen-bond acceptors (Lipinski definition) is 4. The first-order valence-electron chi connectivity index (χ1n) is 8.32. The lowest BCUT2D eigenvalue weighted by Gasteiger charge is -2.34. The minimum Gasteiger partial charge on any atom is -0.369 e. The Labute approximate surface area is 143 Å². The van der Waals surface area contributed by atoms with Crippen LogP contribution in [0.25, 0.3) is 0 Å². The van der Waals surface area contributed by atoms with Gasteiger partial charge in [0.15, 0.2) is 0 Å². The number of piperazine rings is 1. The minimum atomic E-state index is -0.167. The van der Waals surface area contributed by atoms with Crippen LogP contribution in [0, 0.1) is 13.8 Å². The predicted octanol–water partition coefficient (Wildman–Crippen LogP) is 2.70. The molecule has 1 aliphatic rings. The number of anilines is 2. The van der Waals surface area contributed by atoms with Crippen molar-refractivity contribution in [3.05, 3.63) is 53.3 Å². The van der Waals surface area contributed by atoms with E-state index in [0.717, 1.165) is 48.7 Å². The summed E-state index contributed by atoms with van der Waals surface area (Å²) >= 11 is 0. The van der Waals surface area contributed by atoms with Crippen molar-refractivity contribution in [2.75, 3.05) is 43.4 Å². The van der Waals surface area contributed by atoms with Crippen LogP contribution in [0.15, 0.2) is 36.5 Å². The Morgan fingerprint density at radius 3 is 2.62 bits per heavy atom. The van der Waals surface area contributed by atoms with Crippen LogP contribution in [-0.4, -0.2) is 49.0 Å². The summed E-state index contributed by atoms with van der Waals surface area (Å²) in [5.41, 5.74) is 4.59. The van der Waals surface area contributed by atoms with E-state index >= 15 is 0 Å². The number of carbonyl (C=O) groups excluding carboxylic acids is 1. The van der Waals surface area contributed by atoms with Crippen molar-refractivity contribution in [3.63, 3.8) is 0 Å². The lowest BCUT2D eigenvalue weighted by molar-refractivity contribution is 0.102. The molecule has 5 heteroatoms. The molecule has 3 rings (SSSR count). The normalized spacial score (nSPS) is 15.4. The van der Waals surface area contributed by atoms with Gasteiger partial charge in [-0.25, -0.2) is 0 Å². The maximum atomic E-state index is 12.6. The van der Waals surface area contributed by atoms with E-state index in [2.05, 4.69) is 27.1 Å². The van der Waals surface area contributed by atoms with Gasteiger partial charge in [0.1, 0.15) is 5.69 Å². The Balaban J connectivity index is 1.76. The fourth-order valence-electron chi connectivity index (χ4n) is 2.88. The molecule has 1 N–H and O–H groups in total. The van der Waals surface area contributed by atoms with Crippen LogP contribution in [0.5, 0.6) is 0 Å². The van der Waals surface area contributed by atoms with E-state index in [1.54, 1.807) is 6.20 Å². The van der Waals surface area contributed by atoms with Gasteiger partial charge in [-0.15, -0.1) is 0 Å². The number of carbonyl (C=O) groups is 1. The van der Waals surface area contributed by atoms with Crippen molar-refractivity contribution in [3.8, 4) is 0 Å². The van der Waals surface area contributed by atoms with Crippen molar-refractivity contribution < 1.29 is 4.79 Å². The second-order valence-electron chi connectivity index (χ2n) is 6.39. The highest BCUT2D eigenvalue weighted by molar-refractivity contribution is 6.03. The molecule has 5 nitrogen and oxygen atoms in total. The molecular weight excluding hydrogens is 300 g/mol. The third-order valence-electron chi connectivity index (χ3n) is 4.70. The Morgan fingerprint density at radius 1 is 1.12 bits per heavy atom. The quantitative estimate of drug-likeness (QED) is 0.943. The van der Waals surface area contributed by atoms with Crippen LogP contribution < -0.4 is 10.2 Å². The van der Waals surface area contributed by atoms with Crippen LogP contribution in [0.3, 0.4) is 0 Å². The maximum absolute atomic E-state index is 12.6. The lowest BCUT2D eigenvalue weighted by atomic mass is 10.1. The van der Waals surface area contributed by atoms with Crippen molar-refractivity contribution >= 4 is 17.3 Å². The van der Waals surface area contributed by atoms with E-state index in [4.69, 9.17) is 0 Å². The average Bonchev–Trinajstić information content (AvgIpc) is 2.60. The highest BCUT2D eigenvalue weighted by atomic mass is 16.1. The Bertz CT molecular complexity index is 736. The first-order valence-corrected chi connectivity index (χ1v) is 8.32. The molecule has 126 valence electrons. The first kappa shape index (κ1) is 16.5. The summed E-state index contributed by atoms with van der Waals surface area (Å²) in [6.45, 7) is 8.06. The summed E-state index contributed by atoms with van der Waals surface area (Å²) in [5.74, 6) is -0.167. The van der Waals surface area contributed by atoms with E-state index in [-0.39, 0.29) is 5.91 Å². The van der Waals surface area contributed by atoms with Crippen molar-refractivity contribution in [2.24, 2.45) is 0 Å². The standard InChI is InChI=1S/C19H24N4O/c1-14-5-4-6-17(15(14)2)21-19(24)18-13-16(7-8-20-18)23-11-9-22(3)10-12-23/h4-8,13H,9-12H2,1-3H3,(H,21,24). The Kier molecular flexibility index (Phi) is 4.81. The van der Waals surface area contributed by atoms with E-state index in [0.29, 0.717) is 5.69 Å². The van der Waals surface area contributed by atoms with Gasteiger partial charge in [0.2, 0.25) is 0 Å². The highest BCUT2D eigenvalue weighted by Gasteiger charge is 2.16. The summed E-state index contributed by atoms with van der Waals surface area (Å²) in [5, 5.41) is 2.98. The smallest absolute Gasteiger partial charge is 0.274 e. The van der Waals surface area contributed by atoms with Gasteiger partial charge < -0.3 is 15.1 Å². The minimum absolute atomic E-state index is 0.167. The highest BCUT2D eigenvalue weighted by Crippen LogP contribution is 2.20. The van der Waals surface area contributed by atoms with Crippen molar-refractivity contribution in [1.82, 2.24) is 9.88 Å². The molecule has 0 bridgehead atoms. The van der Waals surface area contributed by atoms with Gasteiger partial charge >= 0.3 is 0 Å². The Morgan fingerprint density at radius 2 is 1.88 bits per heavy atom. The number of hydrogen-bond donors (Lipinski definition) is 1. The van der Waals surface area contributed by atoms with Gasteiger partial charge in [0.05, 0.1) is 0 Å². The number of nitrogens with one attached hydrogen (secondary N) is 1. The number of benzene rings is 1. The molecule has 2 heterocycles. The van der Waals surface area contributed by atoms with Gasteiger partial charge in [-0.1, -0.05) is 12.1 Å². The molecule has 0 saturated carbocycles. The zero-order valence-corrected chi connectivity index (χ0v) is 14.5. The predicted molar refractivity (Wildman–Crippen MR) is 97.8 cm³/mol. The second-order valence-corrected chi connectivity index (χ2v) is 6.39. The van der Waals surface area contributed by atoms with E-state index in [9.17, 15) is 4.79 Å². The molecule has 1 amide bonds. The SMILES string of the molecule is Cc1cccc(NC(=O)c2cc(N3CCN(C)CC3)ccn2)c1C. The van der Waals surface area contributed by atoms with Crippen LogP contribution in [0.2, 0.25) is 0 Å². The summed E-state index contributed by atoms with van der Waals surface area (Å²) in [6.07, 6.45) is 1.71. The number of amides is 1. The molecule has 0 radical (unpaired) electrons. The number of pyridine rings is 1. The zero-order valence-electron chi connectivity index (χ0n) is 14.5. The molecule has 1 saturated heterocycles. The zero-order chi connectivity index (χ0) is 17.1. The number of aryl methyl sites for hydroxylation is 1. The fraction of sp³-hybridized carbons (Fsp3) is 0.368. The molecule has 2 aromatic rings. The van der Waals surface area contributed by atoms with E-state index in [1.807, 2.05) is 44.2 Å². The third kappa shape index (κ3) is 3.57. The first-order chi connectivity index (χ1) is 11.5. The average molecular weight is 324 g/mol. The third-order valence-corrected chi connectivity index (χ3v) is 4.70. The summed E-state index contributed by atoms with van der Waals surface area (Å²) in [7, 11) is 2.13. The topological polar surface area (TPSA) is 48.5 Å². The Hall–Kier alpha value is -2.40. The molecular formula is C19H24N4O. The van der Waals surface area contributed by atoms with Crippen LogP contribution in [-0.2, 0) is 0 Å². The van der Waals surface area contributed by atoms with Crippen molar-refractivity contribution in [1.29, 1.82) is 0 Å². The van der Waals surface area contributed by atoms with Crippen LogP contribution in [0.1, 0.15) is 21.6 Å². The van der Waals surface area contributed by atoms with Crippen LogP contribution in [0.4, 0.5) is 11.4 Å². The number of likely N-dealkylation sites (N-methyl/N-ethyl adjacent to an activating group) is 1. The van der Waals surface area contributed by atoms with Crippen LogP contribution >= 0.6 is 0 Å². The lowest BCUT2D eigenvalue weighted by Crippen LogP contribution is -2.44. The van der Waals surface area contributed by atoms with Gasteiger partial charge in [-0.2, -0.15) is 0 Å². The molecule has 1 aliphatic heterocycles. The maximum Gasteiger partial charge on any atom is 0.274 e. The molecule has 24 heavy (non-hydrogen) atoms. The molecule has 0 atom stereocenters.